The summed E-state index contributed by atoms with van der Waals surface area (Å²) in [6.07, 6.45) is 0. The van der Waals surface area contributed by atoms with E-state index in [0.29, 0.717) is 12.2 Å². The molecule has 0 radical (unpaired) electrons. The predicted octanol–water partition coefficient (Wildman–Crippen LogP) is 3.06. The van der Waals surface area contributed by atoms with Crippen molar-refractivity contribution in [2.45, 2.75) is 13.5 Å². The van der Waals surface area contributed by atoms with Crippen molar-refractivity contribution in [2.24, 2.45) is 0 Å². The number of nitrogens with zero attached hydrogens (tertiary/aromatic N) is 3. The van der Waals surface area contributed by atoms with Gasteiger partial charge >= 0.3 is 0 Å². The topological polar surface area (TPSA) is 37.6 Å². The molecule has 0 N–H and O–H groups in total. The van der Waals surface area contributed by atoms with Gasteiger partial charge < -0.3 is 4.67 Å². The fourth-order valence-corrected chi connectivity index (χ4v) is 3.09. The molecule has 0 saturated heterocycles. The first-order valence-electron chi connectivity index (χ1n) is 6.79. The fourth-order valence-electron chi connectivity index (χ4n) is 2.79. The molecule has 3 heterocycles. The Labute approximate surface area is 124 Å². The van der Waals surface area contributed by atoms with Crippen LogP contribution in [-0.4, -0.2) is 20.0 Å². The van der Waals surface area contributed by atoms with E-state index in [1.54, 1.807) is 4.67 Å². The normalized spacial score (nSPS) is 14.0. The number of aromatic nitrogens is 2. The third kappa shape index (κ3) is 1.79. The molecule has 5 heteroatoms. The van der Waals surface area contributed by atoms with Crippen molar-refractivity contribution in [3.63, 3.8) is 0 Å². The summed E-state index contributed by atoms with van der Waals surface area (Å²) >= 11 is 0. The van der Waals surface area contributed by atoms with Crippen molar-refractivity contribution in [1.82, 2.24) is 14.1 Å². The highest BCUT2D eigenvalue weighted by Crippen LogP contribution is 2.31. The minimum Gasteiger partial charge on any atom is -0.316 e. The molecular formula is C16H14N3OP. The van der Waals surface area contributed by atoms with Gasteiger partial charge in [0.15, 0.2) is 0 Å². The lowest BCUT2D eigenvalue weighted by Crippen LogP contribution is -2.29. The molecule has 0 bridgehead atoms. The summed E-state index contributed by atoms with van der Waals surface area (Å²) in [6.45, 7) is 2.61. The summed E-state index contributed by atoms with van der Waals surface area (Å²) in [5.41, 5.74) is 5.79. The van der Waals surface area contributed by atoms with Gasteiger partial charge in [-0.25, -0.2) is 4.98 Å². The standard InChI is InChI=1S/C16H14N3OP/c1-10-5-7-11(8-6-10)15-13-9-18(21)16(20)12-3-2-4-14(17-15)19(12)13/h2-8H,9,21H2,1H3. The Morgan fingerprint density at radius 1 is 1.14 bits per heavy atom. The van der Waals surface area contributed by atoms with Crippen LogP contribution < -0.4 is 0 Å². The van der Waals surface area contributed by atoms with Gasteiger partial charge in [0.1, 0.15) is 11.3 Å². The third-order valence-electron chi connectivity index (χ3n) is 3.86. The Kier molecular flexibility index (Phi) is 2.63. The average molecular weight is 295 g/mol. The first kappa shape index (κ1) is 12.5. The number of carbonyl (C=O) groups excluding carboxylic acids is 1. The van der Waals surface area contributed by atoms with Crippen LogP contribution in [0.4, 0.5) is 0 Å². The SMILES string of the molecule is Cc1ccc(-c2nc3cccc4n3c2CN(P)C4=O)cc1. The highest BCUT2D eigenvalue weighted by molar-refractivity contribution is 7.14. The van der Waals surface area contributed by atoms with Crippen molar-refractivity contribution in [3.8, 4) is 11.3 Å². The smallest absolute Gasteiger partial charge is 0.274 e. The summed E-state index contributed by atoms with van der Waals surface area (Å²) < 4.78 is 3.63. The molecule has 4 rings (SSSR count). The van der Waals surface area contributed by atoms with Crippen LogP contribution in [0.15, 0.2) is 42.5 Å². The molecule has 21 heavy (non-hydrogen) atoms. The van der Waals surface area contributed by atoms with Crippen LogP contribution in [0.5, 0.6) is 0 Å². The molecule has 104 valence electrons. The molecule has 0 aliphatic carbocycles. The molecule has 1 unspecified atom stereocenters. The van der Waals surface area contributed by atoms with Gasteiger partial charge in [-0.05, 0) is 28.4 Å². The highest BCUT2D eigenvalue weighted by atomic mass is 31.0. The van der Waals surface area contributed by atoms with Gasteiger partial charge in [0.2, 0.25) is 0 Å². The van der Waals surface area contributed by atoms with E-state index >= 15 is 0 Å². The van der Waals surface area contributed by atoms with E-state index in [2.05, 4.69) is 40.6 Å². The maximum Gasteiger partial charge on any atom is 0.274 e. The number of benzene rings is 1. The van der Waals surface area contributed by atoms with Gasteiger partial charge in [0.25, 0.3) is 5.91 Å². The van der Waals surface area contributed by atoms with Crippen LogP contribution >= 0.6 is 9.39 Å². The monoisotopic (exact) mass is 295 g/mol. The molecule has 1 atom stereocenters. The van der Waals surface area contributed by atoms with Gasteiger partial charge in [0, 0.05) is 5.56 Å². The minimum atomic E-state index is 0.00551. The molecule has 0 saturated carbocycles. The van der Waals surface area contributed by atoms with E-state index in [1.807, 2.05) is 22.6 Å². The number of hydrogen-bond acceptors (Lipinski definition) is 2. The van der Waals surface area contributed by atoms with Crippen LogP contribution in [0, 0.1) is 6.92 Å². The zero-order valence-corrected chi connectivity index (χ0v) is 12.7. The van der Waals surface area contributed by atoms with E-state index in [-0.39, 0.29) is 5.91 Å². The van der Waals surface area contributed by atoms with Crippen molar-refractivity contribution in [1.29, 1.82) is 0 Å². The van der Waals surface area contributed by atoms with E-state index < -0.39 is 0 Å². The number of pyridine rings is 1. The largest absolute Gasteiger partial charge is 0.316 e. The average Bonchev–Trinajstić information content (AvgIpc) is 2.85. The number of imidazole rings is 1. The quantitative estimate of drug-likeness (QED) is 0.647. The number of amides is 1. The number of hydrogen-bond donors (Lipinski definition) is 0. The van der Waals surface area contributed by atoms with E-state index in [4.69, 9.17) is 4.98 Å². The molecule has 1 amide bonds. The first-order valence-corrected chi connectivity index (χ1v) is 7.31. The van der Waals surface area contributed by atoms with E-state index in [1.165, 1.54) is 5.56 Å². The zero-order chi connectivity index (χ0) is 14.6. The van der Waals surface area contributed by atoms with Gasteiger partial charge in [-0.15, -0.1) is 0 Å². The summed E-state index contributed by atoms with van der Waals surface area (Å²) in [7, 11) is 2.50. The first-order chi connectivity index (χ1) is 10.1. The number of carbonyl (C=O) groups is 1. The summed E-state index contributed by atoms with van der Waals surface area (Å²) in [5.74, 6) is 0.00551. The van der Waals surface area contributed by atoms with Gasteiger partial charge in [-0.3, -0.25) is 9.20 Å². The second-order valence-corrected chi connectivity index (χ2v) is 5.93. The third-order valence-corrected chi connectivity index (χ3v) is 4.28. The minimum absolute atomic E-state index is 0.00551. The lowest BCUT2D eigenvalue weighted by Gasteiger charge is -2.23. The molecular weight excluding hydrogens is 281 g/mol. The Morgan fingerprint density at radius 3 is 2.67 bits per heavy atom. The van der Waals surface area contributed by atoms with Gasteiger partial charge in [-0.1, -0.05) is 35.9 Å². The molecule has 1 aliphatic heterocycles. The van der Waals surface area contributed by atoms with E-state index in [9.17, 15) is 4.79 Å². The van der Waals surface area contributed by atoms with Crippen LogP contribution in [0.2, 0.25) is 0 Å². The van der Waals surface area contributed by atoms with Gasteiger partial charge in [0.05, 0.1) is 17.9 Å². The molecule has 4 nitrogen and oxygen atoms in total. The maximum atomic E-state index is 12.2. The number of aryl methyl sites for hydroxylation is 1. The molecule has 2 aromatic heterocycles. The molecule has 0 fully saturated rings. The molecule has 3 aromatic rings. The second kappa shape index (κ2) is 4.40. The Balaban J connectivity index is 2.03. The Hall–Kier alpha value is -2.19. The van der Waals surface area contributed by atoms with Crippen LogP contribution in [0.25, 0.3) is 16.9 Å². The molecule has 1 aliphatic rings. The predicted molar refractivity (Wildman–Crippen MR) is 84.9 cm³/mol. The second-order valence-electron chi connectivity index (χ2n) is 5.31. The van der Waals surface area contributed by atoms with Crippen LogP contribution in [0.1, 0.15) is 21.7 Å². The number of rotatable bonds is 1. The van der Waals surface area contributed by atoms with Crippen molar-refractivity contribution >= 4 is 20.9 Å². The van der Waals surface area contributed by atoms with Crippen molar-refractivity contribution in [2.75, 3.05) is 0 Å². The Morgan fingerprint density at radius 2 is 1.90 bits per heavy atom. The van der Waals surface area contributed by atoms with Crippen molar-refractivity contribution in [3.05, 3.63) is 59.4 Å². The lowest BCUT2D eigenvalue weighted by atomic mass is 10.1. The Bertz CT molecular complexity index is 867. The van der Waals surface area contributed by atoms with Crippen molar-refractivity contribution < 1.29 is 4.79 Å². The van der Waals surface area contributed by atoms with E-state index in [0.717, 1.165) is 22.6 Å². The fraction of sp³-hybridized carbons (Fsp3) is 0.125. The molecule has 0 spiro atoms. The summed E-state index contributed by atoms with van der Waals surface area (Å²) in [4.78, 5) is 17.0. The molecule has 1 aromatic carbocycles. The highest BCUT2D eigenvalue weighted by Gasteiger charge is 2.27. The zero-order valence-electron chi connectivity index (χ0n) is 11.6. The lowest BCUT2D eigenvalue weighted by molar-refractivity contribution is 0.0844. The van der Waals surface area contributed by atoms with Crippen LogP contribution in [0.3, 0.4) is 0 Å². The summed E-state index contributed by atoms with van der Waals surface area (Å²) in [6, 6.07) is 14.0. The summed E-state index contributed by atoms with van der Waals surface area (Å²) in [5, 5.41) is 0. The van der Waals surface area contributed by atoms with Crippen LogP contribution in [-0.2, 0) is 6.54 Å². The maximum absolute atomic E-state index is 12.2. The van der Waals surface area contributed by atoms with Gasteiger partial charge in [-0.2, -0.15) is 0 Å².